The molecule has 2 heteroatoms. The van der Waals surface area contributed by atoms with E-state index in [2.05, 4.69) is 43.0 Å². The monoisotopic (exact) mass is 218 g/mol. The quantitative estimate of drug-likeness (QED) is 0.826. The van der Waals surface area contributed by atoms with Crippen LogP contribution in [0.1, 0.15) is 32.3 Å². The van der Waals surface area contributed by atoms with Crippen LogP contribution in [0.2, 0.25) is 0 Å². The summed E-state index contributed by atoms with van der Waals surface area (Å²) in [6.45, 7) is 5.55. The molecule has 1 fully saturated rings. The van der Waals surface area contributed by atoms with Crippen LogP contribution in [-0.4, -0.2) is 18.6 Å². The van der Waals surface area contributed by atoms with Crippen LogP contribution in [0.15, 0.2) is 24.3 Å². The van der Waals surface area contributed by atoms with Gasteiger partial charge in [0.1, 0.15) is 0 Å². The van der Waals surface area contributed by atoms with Gasteiger partial charge in [-0.3, -0.25) is 0 Å². The summed E-state index contributed by atoms with van der Waals surface area (Å²) < 4.78 is 0. The lowest BCUT2D eigenvalue weighted by atomic mass is 9.98. The van der Waals surface area contributed by atoms with E-state index in [1.54, 1.807) is 0 Å². The van der Waals surface area contributed by atoms with Crippen LogP contribution in [0.3, 0.4) is 0 Å². The van der Waals surface area contributed by atoms with Gasteiger partial charge in [0, 0.05) is 24.3 Å². The van der Waals surface area contributed by atoms with Crippen molar-refractivity contribution in [2.75, 3.05) is 11.4 Å². The van der Waals surface area contributed by atoms with E-state index >= 15 is 0 Å². The number of benzene rings is 1. The Bertz CT molecular complexity index is 331. The number of piperidine rings is 1. The Balaban J connectivity index is 2.11. The highest BCUT2D eigenvalue weighted by molar-refractivity contribution is 5.49. The van der Waals surface area contributed by atoms with E-state index in [1.165, 1.54) is 11.3 Å². The molecule has 16 heavy (non-hydrogen) atoms. The molecule has 1 aliphatic heterocycles. The lowest BCUT2D eigenvalue weighted by molar-refractivity contribution is 0.430. The fourth-order valence-electron chi connectivity index (χ4n) is 2.52. The molecule has 0 aliphatic carbocycles. The Labute approximate surface area is 98.4 Å². The van der Waals surface area contributed by atoms with Crippen molar-refractivity contribution in [3.05, 3.63) is 29.8 Å². The molecular weight excluding hydrogens is 196 g/mol. The summed E-state index contributed by atoms with van der Waals surface area (Å²) >= 11 is 0. The second-order valence-electron chi connectivity index (χ2n) is 4.85. The third-order valence-electron chi connectivity index (χ3n) is 3.59. The highest BCUT2D eigenvalue weighted by Crippen LogP contribution is 2.24. The molecule has 1 aliphatic rings. The van der Waals surface area contributed by atoms with Crippen molar-refractivity contribution in [3.63, 3.8) is 0 Å². The normalized spacial score (nSPS) is 25.8. The molecule has 0 saturated carbocycles. The largest absolute Gasteiger partial charge is 0.369 e. The zero-order chi connectivity index (χ0) is 11.5. The van der Waals surface area contributed by atoms with Crippen molar-refractivity contribution >= 4 is 5.69 Å². The number of hydrogen-bond acceptors (Lipinski definition) is 2. The van der Waals surface area contributed by atoms with Gasteiger partial charge in [0.15, 0.2) is 0 Å². The molecule has 0 bridgehead atoms. The maximum atomic E-state index is 5.98. The number of rotatable bonds is 2. The fourth-order valence-corrected chi connectivity index (χ4v) is 2.52. The van der Waals surface area contributed by atoms with Gasteiger partial charge in [0.25, 0.3) is 0 Å². The van der Waals surface area contributed by atoms with Gasteiger partial charge in [-0.05, 0) is 43.9 Å². The molecule has 0 radical (unpaired) electrons. The number of anilines is 1. The third-order valence-corrected chi connectivity index (χ3v) is 3.59. The minimum Gasteiger partial charge on any atom is -0.369 e. The van der Waals surface area contributed by atoms with Crippen molar-refractivity contribution in [1.82, 2.24) is 0 Å². The average Bonchev–Trinajstić information content (AvgIpc) is 2.29. The Hall–Kier alpha value is -1.02. The highest BCUT2D eigenvalue weighted by atomic mass is 15.2. The predicted octanol–water partition coefficient (Wildman–Crippen LogP) is 2.57. The summed E-state index contributed by atoms with van der Waals surface area (Å²) in [6.07, 6.45) is 3.33. The van der Waals surface area contributed by atoms with Crippen LogP contribution in [0, 0.1) is 0 Å². The van der Waals surface area contributed by atoms with E-state index in [9.17, 15) is 0 Å². The Morgan fingerprint density at radius 1 is 1.31 bits per heavy atom. The summed E-state index contributed by atoms with van der Waals surface area (Å²) in [5, 5.41) is 0. The minimum atomic E-state index is 0.390. The first kappa shape index (κ1) is 11.5. The molecule has 1 heterocycles. The molecule has 1 saturated heterocycles. The van der Waals surface area contributed by atoms with Crippen molar-refractivity contribution < 1.29 is 0 Å². The van der Waals surface area contributed by atoms with Crippen molar-refractivity contribution in [3.8, 4) is 0 Å². The second-order valence-corrected chi connectivity index (χ2v) is 4.85. The molecule has 0 aromatic heterocycles. The van der Waals surface area contributed by atoms with Crippen molar-refractivity contribution in [2.24, 2.45) is 5.73 Å². The van der Waals surface area contributed by atoms with Gasteiger partial charge in [-0.25, -0.2) is 0 Å². The van der Waals surface area contributed by atoms with E-state index < -0.39 is 0 Å². The fraction of sp³-hybridized carbons (Fsp3) is 0.571. The predicted molar refractivity (Wildman–Crippen MR) is 69.8 cm³/mol. The van der Waals surface area contributed by atoms with E-state index in [4.69, 9.17) is 5.73 Å². The van der Waals surface area contributed by atoms with Gasteiger partial charge in [0.05, 0.1) is 0 Å². The SMILES string of the molecule is CCc1ccc(N2CCC(N)CC2C)cc1. The molecule has 2 N–H and O–H groups in total. The Morgan fingerprint density at radius 3 is 2.56 bits per heavy atom. The first-order chi connectivity index (χ1) is 7.70. The minimum absolute atomic E-state index is 0.390. The topological polar surface area (TPSA) is 29.3 Å². The van der Waals surface area contributed by atoms with Gasteiger partial charge >= 0.3 is 0 Å². The van der Waals surface area contributed by atoms with Crippen molar-refractivity contribution in [2.45, 2.75) is 45.2 Å². The first-order valence-electron chi connectivity index (χ1n) is 6.32. The van der Waals surface area contributed by atoms with Gasteiger partial charge in [-0.15, -0.1) is 0 Å². The van der Waals surface area contributed by atoms with Gasteiger partial charge in [0.2, 0.25) is 0 Å². The summed E-state index contributed by atoms with van der Waals surface area (Å²) in [4.78, 5) is 2.48. The van der Waals surface area contributed by atoms with Crippen LogP contribution in [0.25, 0.3) is 0 Å². The third kappa shape index (κ3) is 2.38. The highest BCUT2D eigenvalue weighted by Gasteiger charge is 2.22. The van der Waals surface area contributed by atoms with E-state index in [-0.39, 0.29) is 0 Å². The summed E-state index contributed by atoms with van der Waals surface area (Å²) in [5.74, 6) is 0. The molecule has 0 spiro atoms. The zero-order valence-corrected chi connectivity index (χ0v) is 10.3. The maximum Gasteiger partial charge on any atom is 0.0368 e. The summed E-state index contributed by atoms with van der Waals surface area (Å²) in [7, 11) is 0. The van der Waals surface area contributed by atoms with Crippen LogP contribution < -0.4 is 10.6 Å². The van der Waals surface area contributed by atoms with Crippen LogP contribution in [0.4, 0.5) is 5.69 Å². The van der Waals surface area contributed by atoms with E-state index in [0.29, 0.717) is 12.1 Å². The maximum absolute atomic E-state index is 5.98. The number of hydrogen-bond donors (Lipinski definition) is 1. The average molecular weight is 218 g/mol. The molecule has 1 aromatic carbocycles. The van der Waals surface area contributed by atoms with Gasteiger partial charge in [-0.2, -0.15) is 0 Å². The van der Waals surface area contributed by atoms with Crippen LogP contribution >= 0.6 is 0 Å². The van der Waals surface area contributed by atoms with E-state index in [0.717, 1.165) is 25.8 Å². The molecule has 0 amide bonds. The molecule has 2 atom stereocenters. The number of aryl methyl sites for hydroxylation is 1. The Morgan fingerprint density at radius 2 is 2.00 bits per heavy atom. The molecule has 88 valence electrons. The van der Waals surface area contributed by atoms with Crippen LogP contribution in [0.5, 0.6) is 0 Å². The zero-order valence-electron chi connectivity index (χ0n) is 10.3. The van der Waals surface area contributed by atoms with Gasteiger partial charge in [-0.1, -0.05) is 19.1 Å². The van der Waals surface area contributed by atoms with E-state index in [1.807, 2.05) is 0 Å². The lowest BCUT2D eigenvalue weighted by Gasteiger charge is -2.38. The summed E-state index contributed by atoms with van der Waals surface area (Å²) in [6, 6.07) is 9.91. The number of nitrogens with two attached hydrogens (primary N) is 1. The molecule has 2 nitrogen and oxygen atoms in total. The molecule has 2 rings (SSSR count). The standard InChI is InChI=1S/C14H22N2/c1-3-12-4-6-14(7-5-12)16-9-8-13(15)10-11(16)2/h4-7,11,13H,3,8-10,15H2,1-2H3. The lowest BCUT2D eigenvalue weighted by Crippen LogP contribution is -2.45. The molecule has 1 aromatic rings. The van der Waals surface area contributed by atoms with Crippen LogP contribution in [-0.2, 0) is 6.42 Å². The second kappa shape index (κ2) is 4.88. The number of nitrogens with zero attached hydrogens (tertiary/aromatic N) is 1. The molecule has 2 unspecified atom stereocenters. The van der Waals surface area contributed by atoms with Crippen molar-refractivity contribution in [1.29, 1.82) is 0 Å². The molecular formula is C14H22N2. The first-order valence-corrected chi connectivity index (χ1v) is 6.32. The van der Waals surface area contributed by atoms with Gasteiger partial charge < -0.3 is 10.6 Å². The smallest absolute Gasteiger partial charge is 0.0368 e. The Kier molecular flexibility index (Phi) is 3.49. The summed E-state index contributed by atoms with van der Waals surface area (Å²) in [5.41, 5.74) is 8.74.